The molecule has 5 nitrogen and oxygen atoms in total. The first-order chi connectivity index (χ1) is 8.56. The van der Waals surface area contributed by atoms with Crippen molar-refractivity contribution in [3.05, 3.63) is 0 Å². The second-order valence-corrected chi connectivity index (χ2v) is 5.02. The molecule has 0 spiro atoms. The van der Waals surface area contributed by atoms with E-state index >= 15 is 0 Å². The molecule has 2 atom stereocenters. The van der Waals surface area contributed by atoms with E-state index in [1.165, 1.54) is 0 Å². The zero-order valence-corrected chi connectivity index (χ0v) is 11.3. The lowest BCUT2D eigenvalue weighted by atomic mass is 10.1. The number of nitrogens with zero attached hydrogens (tertiary/aromatic N) is 1. The van der Waals surface area contributed by atoms with Crippen LogP contribution < -0.4 is 5.32 Å². The molecule has 2 N–H and O–H groups in total. The number of urea groups is 1. The molecule has 18 heavy (non-hydrogen) atoms. The number of hydrogen-bond acceptors (Lipinski definition) is 2. The Labute approximate surface area is 109 Å². The lowest BCUT2D eigenvalue weighted by molar-refractivity contribution is -0.139. The molecule has 2 amide bonds. The van der Waals surface area contributed by atoms with Gasteiger partial charge in [-0.2, -0.15) is 0 Å². The number of hydrogen-bond donors (Lipinski definition) is 2. The average Bonchev–Trinajstić information content (AvgIpc) is 2.53. The van der Waals surface area contributed by atoms with E-state index in [1.54, 1.807) is 4.90 Å². The molecule has 5 heteroatoms. The zero-order valence-electron chi connectivity index (χ0n) is 11.3. The van der Waals surface area contributed by atoms with Crippen molar-refractivity contribution in [1.29, 1.82) is 0 Å². The first-order valence-electron chi connectivity index (χ1n) is 6.86. The molecule has 0 aromatic carbocycles. The lowest BCUT2D eigenvalue weighted by Crippen LogP contribution is -2.50. The van der Waals surface area contributed by atoms with Crippen molar-refractivity contribution in [1.82, 2.24) is 10.2 Å². The number of carbonyl (C=O) groups is 2. The largest absolute Gasteiger partial charge is 0.480 e. The highest BCUT2D eigenvalue weighted by molar-refractivity contribution is 5.82. The molecule has 0 bridgehead atoms. The quantitative estimate of drug-likeness (QED) is 0.810. The van der Waals surface area contributed by atoms with Crippen molar-refractivity contribution in [2.75, 3.05) is 6.54 Å². The molecule has 0 saturated carbocycles. The maximum atomic E-state index is 12.1. The highest BCUT2D eigenvalue weighted by atomic mass is 16.4. The van der Waals surface area contributed by atoms with E-state index in [-0.39, 0.29) is 12.1 Å². The van der Waals surface area contributed by atoms with E-state index in [4.69, 9.17) is 5.11 Å². The molecule has 1 rings (SSSR count). The number of likely N-dealkylation sites (tertiary alicyclic amines) is 1. The normalized spacial score (nSPS) is 22.1. The van der Waals surface area contributed by atoms with Gasteiger partial charge in [-0.1, -0.05) is 26.2 Å². The van der Waals surface area contributed by atoms with Gasteiger partial charge >= 0.3 is 12.0 Å². The third kappa shape index (κ3) is 4.20. The van der Waals surface area contributed by atoms with Gasteiger partial charge in [-0.3, -0.25) is 0 Å². The summed E-state index contributed by atoms with van der Waals surface area (Å²) in [6, 6.07) is -0.799. The molecule has 0 aromatic heterocycles. The summed E-state index contributed by atoms with van der Waals surface area (Å²) in [5.74, 6) is -0.951. The Morgan fingerprint density at radius 1 is 1.39 bits per heavy atom. The van der Waals surface area contributed by atoms with Gasteiger partial charge in [0.15, 0.2) is 0 Å². The van der Waals surface area contributed by atoms with Crippen LogP contribution in [0.4, 0.5) is 4.79 Å². The molecule has 0 aliphatic carbocycles. The fraction of sp³-hybridized carbons (Fsp3) is 0.846. The van der Waals surface area contributed by atoms with Crippen LogP contribution in [0.15, 0.2) is 0 Å². The molecule has 1 aliphatic heterocycles. The minimum atomic E-state index is -0.951. The summed E-state index contributed by atoms with van der Waals surface area (Å²) in [6.07, 6.45) is 5.51. The van der Waals surface area contributed by atoms with Crippen molar-refractivity contribution in [2.24, 2.45) is 0 Å². The Morgan fingerprint density at radius 2 is 2.11 bits per heavy atom. The van der Waals surface area contributed by atoms with Gasteiger partial charge in [0.1, 0.15) is 6.04 Å². The summed E-state index contributed by atoms with van der Waals surface area (Å²) < 4.78 is 0. The maximum absolute atomic E-state index is 12.1. The van der Waals surface area contributed by atoms with E-state index in [9.17, 15) is 9.59 Å². The number of carbonyl (C=O) groups excluding carboxylic acids is 1. The molecule has 1 fully saturated rings. The number of carboxylic acids is 1. The molecular weight excluding hydrogens is 232 g/mol. The Kier molecular flexibility index (Phi) is 5.95. The number of aliphatic carboxylic acids is 1. The third-order valence-electron chi connectivity index (χ3n) is 3.49. The third-order valence-corrected chi connectivity index (χ3v) is 3.49. The summed E-state index contributed by atoms with van der Waals surface area (Å²) in [5.41, 5.74) is 0. The predicted molar refractivity (Wildman–Crippen MR) is 69.5 cm³/mol. The molecular formula is C13H24N2O3. The molecule has 104 valence electrons. The maximum Gasteiger partial charge on any atom is 0.326 e. The van der Waals surface area contributed by atoms with Crippen LogP contribution in [-0.4, -0.2) is 40.6 Å². The standard InChI is InChI=1S/C13H24N2O3/c1-3-7-11(12(16)17)14-13(18)15-9-6-4-5-8-10(15)2/h10-11H,3-9H2,1-2H3,(H,14,18)(H,16,17)/t10?,11-/m0/s1. The minimum absolute atomic E-state index is 0.198. The van der Waals surface area contributed by atoms with Crippen LogP contribution in [0.2, 0.25) is 0 Å². The van der Waals surface area contributed by atoms with Gasteiger partial charge in [-0.05, 0) is 26.2 Å². The zero-order chi connectivity index (χ0) is 13.5. The number of nitrogens with one attached hydrogen (secondary N) is 1. The van der Waals surface area contributed by atoms with Gasteiger partial charge in [0.05, 0.1) is 0 Å². The van der Waals surface area contributed by atoms with Crippen LogP contribution in [-0.2, 0) is 4.79 Å². The van der Waals surface area contributed by atoms with Crippen LogP contribution in [0.5, 0.6) is 0 Å². The summed E-state index contributed by atoms with van der Waals surface area (Å²) in [6.45, 7) is 4.67. The van der Waals surface area contributed by atoms with Crippen LogP contribution in [0.3, 0.4) is 0 Å². The first-order valence-corrected chi connectivity index (χ1v) is 6.86. The van der Waals surface area contributed by atoms with E-state index in [0.717, 1.165) is 38.6 Å². The van der Waals surface area contributed by atoms with Crippen molar-refractivity contribution >= 4 is 12.0 Å². The first kappa shape index (κ1) is 14.8. The molecule has 0 radical (unpaired) electrons. The van der Waals surface area contributed by atoms with Crippen molar-refractivity contribution in [2.45, 2.75) is 64.5 Å². The highest BCUT2D eigenvalue weighted by Crippen LogP contribution is 2.16. The Morgan fingerprint density at radius 3 is 2.72 bits per heavy atom. The van der Waals surface area contributed by atoms with E-state index < -0.39 is 12.0 Å². The van der Waals surface area contributed by atoms with Gasteiger partial charge in [-0.15, -0.1) is 0 Å². The molecule has 1 heterocycles. The monoisotopic (exact) mass is 256 g/mol. The van der Waals surface area contributed by atoms with Gasteiger partial charge in [0.25, 0.3) is 0 Å². The van der Waals surface area contributed by atoms with Crippen LogP contribution in [0.25, 0.3) is 0 Å². The predicted octanol–water partition coefficient (Wildman–Crippen LogP) is 2.21. The van der Waals surface area contributed by atoms with Crippen LogP contribution in [0, 0.1) is 0 Å². The van der Waals surface area contributed by atoms with E-state index in [0.29, 0.717) is 6.42 Å². The minimum Gasteiger partial charge on any atom is -0.480 e. The Hall–Kier alpha value is -1.26. The number of rotatable bonds is 4. The van der Waals surface area contributed by atoms with Crippen LogP contribution in [0.1, 0.15) is 52.4 Å². The SMILES string of the molecule is CCC[C@H](NC(=O)N1CCCCCC1C)C(=O)O. The smallest absolute Gasteiger partial charge is 0.326 e. The Balaban J connectivity index is 2.58. The topological polar surface area (TPSA) is 69.6 Å². The second-order valence-electron chi connectivity index (χ2n) is 5.02. The van der Waals surface area contributed by atoms with E-state index in [1.807, 2.05) is 13.8 Å². The summed E-state index contributed by atoms with van der Waals surface area (Å²) in [4.78, 5) is 24.9. The molecule has 1 aliphatic rings. The highest BCUT2D eigenvalue weighted by Gasteiger charge is 2.26. The summed E-state index contributed by atoms with van der Waals surface area (Å²) in [5, 5.41) is 11.7. The van der Waals surface area contributed by atoms with Gasteiger partial charge in [0.2, 0.25) is 0 Å². The van der Waals surface area contributed by atoms with Gasteiger partial charge < -0.3 is 15.3 Å². The van der Waals surface area contributed by atoms with Gasteiger partial charge in [0, 0.05) is 12.6 Å². The Bertz CT molecular complexity index is 294. The van der Waals surface area contributed by atoms with Gasteiger partial charge in [-0.25, -0.2) is 9.59 Å². The second kappa shape index (κ2) is 7.24. The van der Waals surface area contributed by atoms with E-state index in [2.05, 4.69) is 5.32 Å². The van der Waals surface area contributed by atoms with Crippen molar-refractivity contribution < 1.29 is 14.7 Å². The molecule has 1 saturated heterocycles. The van der Waals surface area contributed by atoms with Crippen LogP contribution >= 0.6 is 0 Å². The fourth-order valence-electron chi connectivity index (χ4n) is 2.35. The summed E-state index contributed by atoms with van der Waals surface area (Å²) in [7, 11) is 0. The number of amides is 2. The lowest BCUT2D eigenvalue weighted by Gasteiger charge is -2.28. The number of carboxylic acid groups (broad SMARTS) is 1. The summed E-state index contributed by atoms with van der Waals surface area (Å²) >= 11 is 0. The van der Waals surface area contributed by atoms with Crippen molar-refractivity contribution in [3.63, 3.8) is 0 Å². The van der Waals surface area contributed by atoms with Crippen molar-refractivity contribution in [3.8, 4) is 0 Å². The average molecular weight is 256 g/mol. The fourth-order valence-corrected chi connectivity index (χ4v) is 2.35. The molecule has 0 aromatic rings. The molecule has 1 unspecified atom stereocenters.